The molecule has 0 spiro atoms. The summed E-state index contributed by atoms with van der Waals surface area (Å²) in [6.07, 6.45) is 0. The number of carbonyl (C=O) groups is 2. The molecule has 104 valence electrons. The topological polar surface area (TPSA) is 79.3 Å². The highest BCUT2D eigenvalue weighted by atomic mass is 35.5. The Balaban J connectivity index is 2.04. The lowest BCUT2D eigenvalue weighted by Crippen LogP contribution is -2.23. The zero-order chi connectivity index (χ0) is 14.7. The Hall–Kier alpha value is -1.63. The Morgan fingerprint density at radius 2 is 2.10 bits per heavy atom. The van der Waals surface area contributed by atoms with Crippen LogP contribution in [0.25, 0.3) is 0 Å². The quantitative estimate of drug-likeness (QED) is 0.784. The SMILES string of the molecule is O=C([O-])c1csc(C(=O)COc2cc(Cl)ccc2Cl)n1. The molecule has 0 aliphatic heterocycles. The molecule has 20 heavy (non-hydrogen) atoms. The highest BCUT2D eigenvalue weighted by Crippen LogP contribution is 2.27. The lowest BCUT2D eigenvalue weighted by Gasteiger charge is -2.06. The van der Waals surface area contributed by atoms with E-state index in [0.29, 0.717) is 10.0 Å². The van der Waals surface area contributed by atoms with Crippen LogP contribution in [0.4, 0.5) is 0 Å². The fourth-order valence-electron chi connectivity index (χ4n) is 1.29. The third-order valence-electron chi connectivity index (χ3n) is 2.20. The second kappa shape index (κ2) is 6.21. The number of ketones is 1. The molecule has 0 saturated heterocycles. The van der Waals surface area contributed by atoms with Gasteiger partial charge in [-0.15, -0.1) is 11.3 Å². The van der Waals surface area contributed by atoms with Crippen molar-refractivity contribution >= 4 is 46.3 Å². The minimum atomic E-state index is -1.43. The van der Waals surface area contributed by atoms with Gasteiger partial charge in [-0.25, -0.2) is 4.98 Å². The molecule has 0 aliphatic rings. The predicted octanol–water partition coefficient (Wildman–Crippen LogP) is 2.08. The number of aromatic nitrogens is 1. The molecule has 0 amide bonds. The number of hydrogen-bond donors (Lipinski definition) is 0. The zero-order valence-corrected chi connectivity index (χ0v) is 12.1. The van der Waals surface area contributed by atoms with E-state index in [1.54, 1.807) is 12.1 Å². The molecule has 1 aromatic heterocycles. The van der Waals surface area contributed by atoms with Crippen molar-refractivity contribution in [2.75, 3.05) is 6.61 Å². The zero-order valence-electron chi connectivity index (χ0n) is 9.76. The van der Waals surface area contributed by atoms with Gasteiger partial charge >= 0.3 is 0 Å². The molecular formula is C12H6Cl2NO4S-. The number of benzene rings is 1. The van der Waals surface area contributed by atoms with Crippen molar-refractivity contribution in [2.45, 2.75) is 0 Å². The molecule has 8 heteroatoms. The van der Waals surface area contributed by atoms with Crippen LogP contribution in [0, 0.1) is 0 Å². The first-order valence-corrected chi connectivity index (χ1v) is 6.89. The third-order valence-corrected chi connectivity index (χ3v) is 3.63. The summed E-state index contributed by atoms with van der Waals surface area (Å²) >= 11 is 12.6. The van der Waals surface area contributed by atoms with E-state index in [9.17, 15) is 14.7 Å². The standard InChI is InChI=1S/C12H7Cl2NO4S/c13-6-1-2-7(14)10(3-6)19-4-9(16)11-15-8(5-20-11)12(17)18/h1-3,5H,4H2,(H,17,18)/p-1. The maximum atomic E-state index is 11.8. The molecular weight excluding hydrogens is 325 g/mol. The molecule has 1 heterocycles. The number of carboxylic acid groups (broad SMARTS) is 1. The van der Waals surface area contributed by atoms with E-state index in [1.165, 1.54) is 11.4 Å². The summed E-state index contributed by atoms with van der Waals surface area (Å²) < 4.78 is 5.24. The van der Waals surface area contributed by atoms with Crippen molar-refractivity contribution in [1.29, 1.82) is 0 Å². The largest absolute Gasteiger partial charge is 0.543 e. The number of halogens is 2. The third kappa shape index (κ3) is 3.47. The molecule has 2 rings (SSSR count). The summed E-state index contributed by atoms with van der Waals surface area (Å²) in [5.41, 5.74) is -0.279. The summed E-state index contributed by atoms with van der Waals surface area (Å²) in [5.74, 6) is -1.62. The van der Waals surface area contributed by atoms with Crippen molar-refractivity contribution in [3.63, 3.8) is 0 Å². The van der Waals surface area contributed by atoms with Gasteiger partial charge in [0.1, 0.15) is 5.75 Å². The minimum absolute atomic E-state index is 0.0300. The lowest BCUT2D eigenvalue weighted by molar-refractivity contribution is -0.255. The predicted molar refractivity (Wildman–Crippen MR) is 72.7 cm³/mol. The van der Waals surface area contributed by atoms with Gasteiger partial charge in [0.05, 0.1) is 16.7 Å². The Morgan fingerprint density at radius 1 is 1.35 bits per heavy atom. The number of carboxylic acids is 1. The van der Waals surface area contributed by atoms with Crippen LogP contribution in [0.1, 0.15) is 20.3 Å². The Kier molecular flexibility index (Phi) is 4.59. The average molecular weight is 331 g/mol. The molecule has 0 N–H and O–H groups in total. The van der Waals surface area contributed by atoms with Crippen molar-refractivity contribution < 1.29 is 19.4 Å². The van der Waals surface area contributed by atoms with Crippen LogP contribution >= 0.6 is 34.5 Å². The second-order valence-electron chi connectivity index (χ2n) is 3.61. The van der Waals surface area contributed by atoms with Crippen molar-refractivity contribution in [1.82, 2.24) is 4.98 Å². The van der Waals surface area contributed by atoms with Gasteiger partial charge in [-0.2, -0.15) is 0 Å². The fourth-order valence-corrected chi connectivity index (χ4v) is 2.34. The van der Waals surface area contributed by atoms with Crippen LogP contribution in [-0.2, 0) is 0 Å². The molecule has 0 radical (unpaired) electrons. The van der Waals surface area contributed by atoms with Gasteiger partial charge in [-0.3, -0.25) is 4.79 Å². The normalized spacial score (nSPS) is 10.3. The van der Waals surface area contributed by atoms with Crippen LogP contribution in [-0.4, -0.2) is 23.3 Å². The number of Topliss-reactive ketones (excluding diaryl/α,β-unsaturated/α-hetero) is 1. The van der Waals surface area contributed by atoms with E-state index in [-0.39, 0.29) is 23.1 Å². The van der Waals surface area contributed by atoms with E-state index in [1.807, 2.05) is 0 Å². The van der Waals surface area contributed by atoms with Crippen LogP contribution < -0.4 is 9.84 Å². The molecule has 0 unspecified atom stereocenters. The first-order valence-electron chi connectivity index (χ1n) is 5.25. The van der Waals surface area contributed by atoms with Gasteiger partial charge < -0.3 is 14.6 Å². The van der Waals surface area contributed by atoms with Crippen molar-refractivity contribution in [3.8, 4) is 5.75 Å². The number of carbonyl (C=O) groups excluding carboxylic acids is 2. The van der Waals surface area contributed by atoms with Crippen LogP contribution in [0.5, 0.6) is 5.75 Å². The molecule has 2 aromatic rings. The summed E-state index contributed by atoms with van der Waals surface area (Å²) in [7, 11) is 0. The first-order chi connectivity index (χ1) is 9.47. The average Bonchev–Trinajstić information content (AvgIpc) is 2.89. The molecule has 1 aromatic carbocycles. The minimum Gasteiger partial charge on any atom is -0.543 e. The molecule has 0 bridgehead atoms. The van der Waals surface area contributed by atoms with Crippen molar-refractivity contribution in [3.05, 3.63) is 44.3 Å². The second-order valence-corrected chi connectivity index (χ2v) is 5.31. The van der Waals surface area contributed by atoms with E-state index in [4.69, 9.17) is 27.9 Å². The molecule has 0 aliphatic carbocycles. The summed E-state index contributed by atoms with van der Waals surface area (Å²) in [4.78, 5) is 26.0. The monoisotopic (exact) mass is 330 g/mol. The Labute approximate surface area is 127 Å². The van der Waals surface area contributed by atoms with Gasteiger partial charge in [-0.1, -0.05) is 23.2 Å². The van der Waals surface area contributed by atoms with Gasteiger partial charge in [0.25, 0.3) is 0 Å². The van der Waals surface area contributed by atoms with E-state index < -0.39 is 11.8 Å². The first kappa shape index (κ1) is 14.8. The lowest BCUT2D eigenvalue weighted by atomic mass is 10.3. The smallest absolute Gasteiger partial charge is 0.228 e. The Morgan fingerprint density at radius 3 is 2.75 bits per heavy atom. The van der Waals surface area contributed by atoms with Gasteiger partial charge in [0.15, 0.2) is 11.6 Å². The van der Waals surface area contributed by atoms with Crippen LogP contribution in [0.3, 0.4) is 0 Å². The number of ether oxygens (including phenoxy) is 1. The number of aromatic carboxylic acids is 1. The number of hydrogen-bond acceptors (Lipinski definition) is 6. The van der Waals surface area contributed by atoms with Gasteiger partial charge in [0, 0.05) is 16.5 Å². The molecule has 0 atom stereocenters. The van der Waals surface area contributed by atoms with E-state index in [2.05, 4.69) is 4.98 Å². The van der Waals surface area contributed by atoms with E-state index >= 15 is 0 Å². The summed E-state index contributed by atoms with van der Waals surface area (Å²) in [6, 6.07) is 4.61. The highest BCUT2D eigenvalue weighted by Gasteiger charge is 2.13. The maximum absolute atomic E-state index is 11.8. The van der Waals surface area contributed by atoms with Crippen LogP contribution in [0.15, 0.2) is 23.6 Å². The number of thiazole rings is 1. The van der Waals surface area contributed by atoms with Gasteiger partial charge in [0.2, 0.25) is 5.78 Å². The molecule has 5 nitrogen and oxygen atoms in total. The number of nitrogens with zero attached hydrogens (tertiary/aromatic N) is 1. The fraction of sp³-hybridized carbons (Fsp3) is 0.0833. The van der Waals surface area contributed by atoms with Gasteiger partial charge in [-0.05, 0) is 12.1 Å². The maximum Gasteiger partial charge on any atom is 0.228 e. The summed E-state index contributed by atoms with van der Waals surface area (Å²) in [6.45, 7) is -0.319. The van der Waals surface area contributed by atoms with Crippen LogP contribution in [0.2, 0.25) is 10.0 Å². The van der Waals surface area contributed by atoms with E-state index in [0.717, 1.165) is 11.3 Å². The highest BCUT2D eigenvalue weighted by molar-refractivity contribution is 7.12. The molecule has 0 fully saturated rings. The Bertz CT molecular complexity index is 671. The summed E-state index contributed by atoms with van der Waals surface area (Å²) in [5, 5.41) is 12.6. The number of rotatable bonds is 5. The molecule has 0 saturated carbocycles. The van der Waals surface area contributed by atoms with Crippen molar-refractivity contribution in [2.24, 2.45) is 0 Å².